The van der Waals surface area contributed by atoms with Gasteiger partial charge in [-0.2, -0.15) is 4.31 Å². The number of nitrogens with zero attached hydrogens (tertiary/aromatic N) is 2. The normalized spacial score (nSPS) is 16.8. The van der Waals surface area contributed by atoms with E-state index in [1.54, 1.807) is 11.8 Å². The second-order valence-electron chi connectivity index (χ2n) is 5.78. The minimum absolute atomic E-state index is 0.0665. The van der Waals surface area contributed by atoms with Crippen molar-refractivity contribution in [1.29, 1.82) is 0 Å². The number of piperazine rings is 1. The highest BCUT2D eigenvalue weighted by atomic mass is 32.2. The molecule has 1 aromatic carbocycles. The van der Waals surface area contributed by atoms with Crippen LogP contribution in [0.25, 0.3) is 0 Å². The van der Waals surface area contributed by atoms with Crippen molar-refractivity contribution >= 4 is 15.9 Å². The van der Waals surface area contributed by atoms with Gasteiger partial charge in [-0.3, -0.25) is 4.79 Å². The Labute approximate surface area is 133 Å². The van der Waals surface area contributed by atoms with Crippen LogP contribution in [-0.4, -0.2) is 55.5 Å². The molecular formula is C16H24N2O3S. The number of carbonyl (C=O) groups excluding carboxylic acids is 1. The molecule has 1 heterocycles. The summed E-state index contributed by atoms with van der Waals surface area (Å²) in [5.41, 5.74) is 3.41. The fraction of sp³-hybridized carbons (Fsp3) is 0.562. The summed E-state index contributed by atoms with van der Waals surface area (Å²) in [4.78, 5) is 14.1. The van der Waals surface area contributed by atoms with Crippen molar-refractivity contribution < 1.29 is 13.2 Å². The zero-order valence-corrected chi connectivity index (χ0v) is 14.3. The molecule has 2 rings (SSSR count). The van der Waals surface area contributed by atoms with Crippen molar-refractivity contribution in [3.63, 3.8) is 0 Å². The maximum absolute atomic E-state index is 12.3. The van der Waals surface area contributed by atoms with Crippen LogP contribution in [0.2, 0.25) is 0 Å². The summed E-state index contributed by atoms with van der Waals surface area (Å²) in [6.07, 6.45) is 0.377. The highest BCUT2D eigenvalue weighted by Gasteiger charge is 2.27. The predicted molar refractivity (Wildman–Crippen MR) is 87.2 cm³/mol. The van der Waals surface area contributed by atoms with Gasteiger partial charge in [-0.15, -0.1) is 0 Å². The molecule has 0 spiro atoms. The monoisotopic (exact) mass is 324 g/mol. The average molecular weight is 324 g/mol. The van der Waals surface area contributed by atoms with E-state index in [9.17, 15) is 13.2 Å². The number of amides is 1. The van der Waals surface area contributed by atoms with E-state index in [-0.39, 0.29) is 11.7 Å². The van der Waals surface area contributed by atoms with Crippen LogP contribution in [0.1, 0.15) is 23.6 Å². The molecule has 0 bridgehead atoms. The van der Waals surface area contributed by atoms with E-state index in [0.29, 0.717) is 32.6 Å². The Morgan fingerprint density at radius 3 is 2.27 bits per heavy atom. The predicted octanol–water partition coefficient (Wildman–Crippen LogP) is 1.34. The Morgan fingerprint density at radius 1 is 1.09 bits per heavy atom. The van der Waals surface area contributed by atoms with Crippen molar-refractivity contribution in [2.45, 2.75) is 27.2 Å². The molecule has 22 heavy (non-hydrogen) atoms. The largest absolute Gasteiger partial charge is 0.340 e. The molecule has 5 nitrogen and oxygen atoms in total. The van der Waals surface area contributed by atoms with Crippen molar-refractivity contribution in [1.82, 2.24) is 9.21 Å². The molecule has 1 amide bonds. The number of hydrogen-bond acceptors (Lipinski definition) is 3. The van der Waals surface area contributed by atoms with Crippen LogP contribution in [0.5, 0.6) is 0 Å². The first-order valence-electron chi connectivity index (χ1n) is 7.65. The van der Waals surface area contributed by atoms with E-state index < -0.39 is 10.0 Å². The average Bonchev–Trinajstić information content (AvgIpc) is 2.51. The SMILES string of the molecule is CCS(=O)(=O)N1CCN(C(=O)Cc2ccc(C)c(C)c2)CC1. The van der Waals surface area contributed by atoms with E-state index in [0.717, 1.165) is 5.56 Å². The van der Waals surface area contributed by atoms with Gasteiger partial charge in [-0.25, -0.2) is 8.42 Å². The van der Waals surface area contributed by atoms with Crippen LogP contribution in [0, 0.1) is 13.8 Å². The fourth-order valence-electron chi connectivity index (χ4n) is 2.60. The lowest BCUT2D eigenvalue weighted by molar-refractivity contribution is -0.131. The number of benzene rings is 1. The Kier molecular flexibility index (Phi) is 5.24. The van der Waals surface area contributed by atoms with Gasteiger partial charge in [-0.05, 0) is 37.5 Å². The van der Waals surface area contributed by atoms with Gasteiger partial charge in [0.15, 0.2) is 0 Å². The topological polar surface area (TPSA) is 57.7 Å². The highest BCUT2D eigenvalue weighted by Crippen LogP contribution is 2.13. The summed E-state index contributed by atoms with van der Waals surface area (Å²) >= 11 is 0. The molecular weight excluding hydrogens is 300 g/mol. The smallest absolute Gasteiger partial charge is 0.227 e. The number of rotatable bonds is 4. The molecule has 0 aromatic heterocycles. The molecule has 0 atom stereocenters. The van der Waals surface area contributed by atoms with E-state index in [1.807, 2.05) is 32.0 Å². The third-order valence-corrected chi connectivity index (χ3v) is 6.16. The summed E-state index contributed by atoms with van der Waals surface area (Å²) in [6.45, 7) is 7.48. The summed E-state index contributed by atoms with van der Waals surface area (Å²) in [5, 5.41) is 0. The van der Waals surface area contributed by atoms with Crippen LogP contribution >= 0.6 is 0 Å². The van der Waals surface area contributed by atoms with Gasteiger partial charge in [0.05, 0.1) is 12.2 Å². The maximum atomic E-state index is 12.3. The van der Waals surface area contributed by atoms with Crippen LogP contribution in [0.4, 0.5) is 0 Å². The third-order valence-electron chi connectivity index (χ3n) is 4.28. The summed E-state index contributed by atoms with van der Waals surface area (Å²) in [7, 11) is -3.14. The molecule has 0 radical (unpaired) electrons. The molecule has 1 aliphatic heterocycles. The maximum Gasteiger partial charge on any atom is 0.227 e. The second-order valence-corrected chi connectivity index (χ2v) is 8.03. The van der Waals surface area contributed by atoms with Crippen LogP contribution in [-0.2, 0) is 21.2 Å². The van der Waals surface area contributed by atoms with Crippen molar-refractivity contribution in [3.05, 3.63) is 34.9 Å². The van der Waals surface area contributed by atoms with Gasteiger partial charge < -0.3 is 4.90 Å². The zero-order valence-electron chi connectivity index (χ0n) is 13.5. The van der Waals surface area contributed by atoms with Gasteiger partial charge in [0.1, 0.15) is 0 Å². The number of sulfonamides is 1. The second kappa shape index (κ2) is 6.79. The van der Waals surface area contributed by atoms with E-state index in [2.05, 4.69) is 0 Å². The lowest BCUT2D eigenvalue weighted by atomic mass is 10.0. The number of hydrogen-bond donors (Lipinski definition) is 0. The van der Waals surface area contributed by atoms with Crippen molar-refractivity contribution in [3.8, 4) is 0 Å². The van der Waals surface area contributed by atoms with E-state index in [1.165, 1.54) is 15.4 Å². The quantitative estimate of drug-likeness (QED) is 0.840. The Balaban J connectivity index is 1.94. The van der Waals surface area contributed by atoms with E-state index in [4.69, 9.17) is 0 Å². The molecule has 1 fully saturated rings. The summed E-state index contributed by atoms with van der Waals surface area (Å²) in [6, 6.07) is 6.06. The van der Waals surface area contributed by atoms with Crippen molar-refractivity contribution in [2.75, 3.05) is 31.9 Å². The number of carbonyl (C=O) groups is 1. The van der Waals surface area contributed by atoms with Gasteiger partial charge in [0.2, 0.25) is 15.9 Å². The lowest BCUT2D eigenvalue weighted by Crippen LogP contribution is -2.51. The summed E-state index contributed by atoms with van der Waals surface area (Å²) in [5.74, 6) is 0.181. The Bertz CT molecular complexity index is 647. The zero-order chi connectivity index (χ0) is 16.3. The minimum atomic E-state index is -3.14. The first-order valence-corrected chi connectivity index (χ1v) is 9.26. The third kappa shape index (κ3) is 3.87. The highest BCUT2D eigenvalue weighted by molar-refractivity contribution is 7.89. The molecule has 1 saturated heterocycles. The van der Waals surface area contributed by atoms with E-state index >= 15 is 0 Å². The molecule has 6 heteroatoms. The first kappa shape index (κ1) is 17.0. The molecule has 0 unspecified atom stereocenters. The van der Waals surface area contributed by atoms with Gasteiger partial charge in [-0.1, -0.05) is 18.2 Å². The molecule has 1 aliphatic rings. The van der Waals surface area contributed by atoms with Crippen molar-refractivity contribution in [2.24, 2.45) is 0 Å². The Hall–Kier alpha value is -1.40. The van der Waals surface area contributed by atoms with Gasteiger partial charge in [0, 0.05) is 26.2 Å². The fourth-order valence-corrected chi connectivity index (χ4v) is 3.68. The lowest BCUT2D eigenvalue weighted by Gasteiger charge is -2.34. The van der Waals surface area contributed by atoms with Crippen LogP contribution < -0.4 is 0 Å². The first-order chi connectivity index (χ1) is 10.3. The van der Waals surface area contributed by atoms with Gasteiger partial charge >= 0.3 is 0 Å². The molecule has 1 aromatic rings. The van der Waals surface area contributed by atoms with Gasteiger partial charge in [0.25, 0.3) is 0 Å². The molecule has 0 N–H and O–H groups in total. The Morgan fingerprint density at radius 2 is 1.73 bits per heavy atom. The standard InChI is InChI=1S/C16H24N2O3S/c1-4-22(20,21)18-9-7-17(8-10-18)16(19)12-15-6-5-13(2)14(3)11-15/h5-6,11H,4,7-10,12H2,1-3H3. The molecule has 0 saturated carbocycles. The molecule has 122 valence electrons. The van der Waals surface area contributed by atoms with Crippen LogP contribution in [0.15, 0.2) is 18.2 Å². The summed E-state index contributed by atoms with van der Waals surface area (Å²) < 4.78 is 25.1. The minimum Gasteiger partial charge on any atom is -0.340 e. The number of aryl methyl sites for hydroxylation is 2. The van der Waals surface area contributed by atoms with Crippen LogP contribution in [0.3, 0.4) is 0 Å². The molecule has 0 aliphatic carbocycles.